The molecule has 0 radical (unpaired) electrons. The number of hydrogen-bond donors (Lipinski definition) is 2. The number of carboxylic acid groups (broad SMARTS) is 1. The van der Waals surface area contributed by atoms with Gasteiger partial charge in [-0.2, -0.15) is 0 Å². The summed E-state index contributed by atoms with van der Waals surface area (Å²) in [5.74, 6) is -0.845. The highest BCUT2D eigenvalue weighted by molar-refractivity contribution is 5.73. The standard InChI is InChI=1S/C15H14O3/c16-10-13-5-1-2-7-14(13)12-6-3-4-11(8-12)9-15(17)18/h1-8,16H,9-10H2,(H,17,18). The van der Waals surface area contributed by atoms with Crippen molar-refractivity contribution < 1.29 is 15.0 Å². The van der Waals surface area contributed by atoms with Crippen LogP contribution in [-0.4, -0.2) is 16.2 Å². The largest absolute Gasteiger partial charge is 0.481 e. The van der Waals surface area contributed by atoms with Gasteiger partial charge < -0.3 is 10.2 Å². The van der Waals surface area contributed by atoms with Crippen molar-refractivity contribution in [2.75, 3.05) is 0 Å². The van der Waals surface area contributed by atoms with Gasteiger partial charge in [-0.05, 0) is 22.3 Å². The topological polar surface area (TPSA) is 57.5 Å². The van der Waals surface area contributed by atoms with Crippen LogP contribution in [0.1, 0.15) is 11.1 Å². The van der Waals surface area contributed by atoms with E-state index in [0.717, 1.165) is 22.3 Å². The van der Waals surface area contributed by atoms with Gasteiger partial charge in [-0.3, -0.25) is 4.79 Å². The smallest absolute Gasteiger partial charge is 0.307 e. The zero-order valence-electron chi connectivity index (χ0n) is 9.84. The molecule has 0 aromatic heterocycles. The molecule has 2 aromatic carbocycles. The van der Waals surface area contributed by atoms with E-state index in [-0.39, 0.29) is 13.0 Å². The normalized spacial score (nSPS) is 10.3. The van der Waals surface area contributed by atoms with Gasteiger partial charge in [-0.25, -0.2) is 0 Å². The number of carbonyl (C=O) groups is 1. The lowest BCUT2D eigenvalue weighted by Gasteiger charge is -2.08. The lowest BCUT2D eigenvalue weighted by Crippen LogP contribution is -2.00. The van der Waals surface area contributed by atoms with Gasteiger partial charge in [0.05, 0.1) is 13.0 Å². The van der Waals surface area contributed by atoms with Crippen LogP contribution < -0.4 is 0 Å². The van der Waals surface area contributed by atoms with Gasteiger partial charge >= 0.3 is 5.97 Å². The minimum Gasteiger partial charge on any atom is -0.481 e. The molecule has 2 rings (SSSR count). The lowest BCUT2D eigenvalue weighted by molar-refractivity contribution is -0.136. The number of aliphatic carboxylic acids is 1. The van der Waals surface area contributed by atoms with Crippen LogP contribution in [0.4, 0.5) is 0 Å². The molecule has 0 bridgehead atoms. The fourth-order valence-corrected chi connectivity index (χ4v) is 1.96. The molecule has 3 nitrogen and oxygen atoms in total. The van der Waals surface area contributed by atoms with Gasteiger partial charge in [0.25, 0.3) is 0 Å². The van der Waals surface area contributed by atoms with E-state index in [0.29, 0.717) is 0 Å². The summed E-state index contributed by atoms with van der Waals surface area (Å²) >= 11 is 0. The fourth-order valence-electron chi connectivity index (χ4n) is 1.96. The molecule has 3 heteroatoms. The Morgan fingerprint density at radius 3 is 2.56 bits per heavy atom. The van der Waals surface area contributed by atoms with Crippen molar-refractivity contribution >= 4 is 5.97 Å². The van der Waals surface area contributed by atoms with Crippen molar-refractivity contribution in [3.8, 4) is 11.1 Å². The summed E-state index contributed by atoms with van der Waals surface area (Å²) in [4.78, 5) is 10.7. The molecule has 0 saturated carbocycles. The summed E-state index contributed by atoms with van der Waals surface area (Å²) in [6.45, 7) is -0.0284. The number of rotatable bonds is 4. The van der Waals surface area contributed by atoms with E-state index in [9.17, 15) is 9.90 Å². The Balaban J connectivity index is 2.41. The molecule has 0 heterocycles. The molecule has 2 aromatic rings. The van der Waals surface area contributed by atoms with Crippen molar-refractivity contribution in [2.45, 2.75) is 13.0 Å². The molecular weight excluding hydrogens is 228 g/mol. The first-order valence-electron chi connectivity index (χ1n) is 5.70. The second-order valence-electron chi connectivity index (χ2n) is 4.09. The highest BCUT2D eigenvalue weighted by Crippen LogP contribution is 2.24. The van der Waals surface area contributed by atoms with Gasteiger partial charge in [-0.1, -0.05) is 48.5 Å². The van der Waals surface area contributed by atoms with E-state index >= 15 is 0 Å². The summed E-state index contributed by atoms with van der Waals surface area (Å²) < 4.78 is 0. The van der Waals surface area contributed by atoms with Crippen LogP contribution in [-0.2, 0) is 17.8 Å². The van der Waals surface area contributed by atoms with Gasteiger partial charge in [0, 0.05) is 0 Å². The maximum absolute atomic E-state index is 10.7. The summed E-state index contributed by atoms with van der Waals surface area (Å²) in [6, 6.07) is 14.9. The first-order valence-corrected chi connectivity index (χ1v) is 5.70. The molecule has 92 valence electrons. The SMILES string of the molecule is O=C(O)Cc1cccc(-c2ccccc2CO)c1. The van der Waals surface area contributed by atoms with E-state index in [1.807, 2.05) is 42.5 Å². The molecule has 0 fully saturated rings. The van der Waals surface area contributed by atoms with Crippen LogP contribution in [0, 0.1) is 0 Å². The third-order valence-electron chi connectivity index (χ3n) is 2.78. The Labute approximate surface area is 105 Å². The first-order chi connectivity index (χ1) is 8.70. The molecular formula is C15H14O3. The van der Waals surface area contributed by atoms with Crippen molar-refractivity contribution in [3.63, 3.8) is 0 Å². The Hall–Kier alpha value is -2.13. The summed E-state index contributed by atoms with van der Waals surface area (Å²) in [5.41, 5.74) is 3.46. The highest BCUT2D eigenvalue weighted by Gasteiger charge is 2.06. The van der Waals surface area contributed by atoms with Crippen LogP contribution in [0.25, 0.3) is 11.1 Å². The predicted octanol–water partition coefficient (Wildman–Crippen LogP) is 2.47. The number of carboxylic acids is 1. The first kappa shape index (κ1) is 12.3. The maximum atomic E-state index is 10.7. The van der Waals surface area contributed by atoms with Gasteiger partial charge in [0.15, 0.2) is 0 Å². The molecule has 0 aliphatic carbocycles. The lowest BCUT2D eigenvalue weighted by atomic mass is 9.98. The fraction of sp³-hybridized carbons (Fsp3) is 0.133. The maximum Gasteiger partial charge on any atom is 0.307 e. The Morgan fingerprint density at radius 1 is 1.06 bits per heavy atom. The van der Waals surface area contributed by atoms with Crippen LogP contribution >= 0.6 is 0 Å². The zero-order valence-corrected chi connectivity index (χ0v) is 9.84. The van der Waals surface area contributed by atoms with Gasteiger partial charge in [0.1, 0.15) is 0 Å². The van der Waals surface area contributed by atoms with Gasteiger partial charge in [-0.15, -0.1) is 0 Å². The van der Waals surface area contributed by atoms with E-state index in [1.54, 1.807) is 6.07 Å². The Bertz CT molecular complexity index is 561. The van der Waals surface area contributed by atoms with Crippen molar-refractivity contribution in [1.82, 2.24) is 0 Å². The minimum absolute atomic E-state index is 0.00906. The van der Waals surface area contributed by atoms with Crippen molar-refractivity contribution in [2.24, 2.45) is 0 Å². The second kappa shape index (κ2) is 5.47. The van der Waals surface area contributed by atoms with Crippen LogP contribution in [0.3, 0.4) is 0 Å². The molecule has 2 N–H and O–H groups in total. The summed E-state index contributed by atoms with van der Waals surface area (Å²) in [7, 11) is 0. The second-order valence-corrected chi connectivity index (χ2v) is 4.09. The Kier molecular flexibility index (Phi) is 3.75. The number of aliphatic hydroxyl groups excluding tert-OH is 1. The van der Waals surface area contributed by atoms with Crippen LogP contribution in [0.2, 0.25) is 0 Å². The summed E-state index contributed by atoms with van der Waals surface area (Å²) in [6.07, 6.45) is 0.00906. The monoisotopic (exact) mass is 242 g/mol. The third-order valence-corrected chi connectivity index (χ3v) is 2.78. The van der Waals surface area contributed by atoms with Crippen LogP contribution in [0.15, 0.2) is 48.5 Å². The summed E-state index contributed by atoms with van der Waals surface area (Å²) in [5, 5.41) is 18.1. The third kappa shape index (κ3) is 2.76. The quantitative estimate of drug-likeness (QED) is 0.866. The molecule has 0 saturated heterocycles. The average Bonchev–Trinajstić information content (AvgIpc) is 2.38. The van der Waals surface area contributed by atoms with Crippen molar-refractivity contribution in [3.05, 3.63) is 59.7 Å². The highest BCUT2D eigenvalue weighted by atomic mass is 16.4. The van der Waals surface area contributed by atoms with Crippen molar-refractivity contribution in [1.29, 1.82) is 0 Å². The molecule has 18 heavy (non-hydrogen) atoms. The molecule has 0 aliphatic rings. The van der Waals surface area contributed by atoms with Crippen LogP contribution in [0.5, 0.6) is 0 Å². The minimum atomic E-state index is -0.845. The van der Waals surface area contributed by atoms with Gasteiger partial charge in [0.2, 0.25) is 0 Å². The molecule has 0 spiro atoms. The molecule has 0 unspecified atom stereocenters. The average molecular weight is 242 g/mol. The number of hydrogen-bond acceptors (Lipinski definition) is 2. The molecule has 0 atom stereocenters. The predicted molar refractivity (Wildman–Crippen MR) is 69.1 cm³/mol. The van der Waals surface area contributed by atoms with E-state index < -0.39 is 5.97 Å². The van der Waals surface area contributed by atoms with E-state index in [2.05, 4.69) is 0 Å². The Morgan fingerprint density at radius 2 is 1.83 bits per heavy atom. The van der Waals surface area contributed by atoms with E-state index in [1.165, 1.54) is 0 Å². The molecule has 0 amide bonds. The molecule has 0 aliphatic heterocycles. The zero-order chi connectivity index (χ0) is 13.0. The number of aliphatic hydroxyl groups is 1. The van der Waals surface area contributed by atoms with E-state index in [4.69, 9.17) is 5.11 Å². The number of benzene rings is 2.